The Bertz CT molecular complexity index is 1200. The highest BCUT2D eigenvalue weighted by Crippen LogP contribution is 2.40. The van der Waals surface area contributed by atoms with Gasteiger partial charge in [-0.25, -0.2) is 0 Å². The third-order valence-corrected chi connectivity index (χ3v) is 6.30. The summed E-state index contributed by atoms with van der Waals surface area (Å²) < 4.78 is 12.8. The topological polar surface area (TPSA) is 102 Å². The van der Waals surface area contributed by atoms with Crippen molar-refractivity contribution in [2.45, 2.75) is 39.3 Å². The van der Waals surface area contributed by atoms with Crippen LogP contribution >= 0.6 is 0 Å². The summed E-state index contributed by atoms with van der Waals surface area (Å²) in [5, 5.41) is 22.6. The second-order valence-corrected chi connectivity index (χ2v) is 9.26. The van der Waals surface area contributed by atoms with Gasteiger partial charge in [0.15, 0.2) is 5.82 Å². The van der Waals surface area contributed by atoms with Crippen molar-refractivity contribution in [3.63, 3.8) is 0 Å². The Labute approximate surface area is 204 Å². The molecule has 3 aromatic rings. The Kier molecular flexibility index (Phi) is 6.70. The zero-order chi connectivity index (χ0) is 24.4. The van der Waals surface area contributed by atoms with Crippen molar-refractivity contribution < 1.29 is 19.4 Å². The summed E-state index contributed by atoms with van der Waals surface area (Å²) in [6.07, 6.45) is 1.56. The molecule has 9 nitrogen and oxygen atoms in total. The summed E-state index contributed by atoms with van der Waals surface area (Å²) in [5.74, 6) is 1.06. The number of morpholine rings is 1. The molecular weight excluding hydrogens is 446 g/mol. The molecule has 0 aliphatic carbocycles. The van der Waals surface area contributed by atoms with Crippen LogP contribution in [0.1, 0.15) is 42.0 Å². The van der Waals surface area contributed by atoms with E-state index in [-0.39, 0.29) is 23.5 Å². The number of phenols is 1. The normalized spacial score (nSPS) is 16.1. The quantitative estimate of drug-likeness (QED) is 0.563. The number of fused-ring (bicyclic) bond motifs is 1. The van der Waals surface area contributed by atoms with E-state index < -0.39 is 0 Å². The van der Waals surface area contributed by atoms with E-state index in [4.69, 9.17) is 9.47 Å². The third-order valence-electron chi connectivity index (χ3n) is 6.30. The van der Waals surface area contributed by atoms with E-state index in [0.717, 1.165) is 56.9 Å². The van der Waals surface area contributed by atoms with E-state index in [0.29, 0.717) is 23.7 Å². The van der Waals surface area contributed by atoms with Gasteiger partial charge in [-0.15, -0.1) is 10.2 Å². The van der Waals surface area contributed by atoms with Crippen LogP contribution in [0, 0.1) is 0 Å². The van der Waals surface area contributed by atoms with Crippen molar-refractivity contribution in [3.05, 3.63) is 53.3 Å². The first-order chi connectivity index (χ1) is 17.0. The fourth-order valence-electron chi connectivity index (χ4n) is 4.55. The average Bonchev–Trinajstić information content (AvgIpc) is 3.30. The number of benzene rings is 2. The van der Waals surface area contributed by atoms with Crippen LogP contribution in [0.4, 0.5) is 0 Å². The number of hydrogen-bond donors (Lipinski definition) is 2. The standard InChI is InChI=1S/C26H31N5O4/c1-17(2)27-26(33)25-29-28-24(21-9-10-22-20(23(21)32)4-3-13-35-22)31(25)19-7-5-18(6-8-19)16-30-11-14-34-15-12-30/h5-10,17,32H,3-4,11-16H2,1-2H3,(H,27,33). The smallest absolute Gasteiger partial charge is 0.289 e. The molecule has 0 radical (unpaired) electrons. The Hall–Kier alpha value is -3.43. The molecule has 2 aromatic carbocycles. The molecule has 1 fully saturated rings. The minimum atomic E-state index is -0.322. The van der Waals surface area contributed by atoms with Crippen molar-refractivity contribution in [2.24, 2.45) is 0 Å². The first kappa shape index (κ1) is 23.3. The van der Waals surface area contributed by atoms with Gasteiger partial charge >= 0.3 is 0 Å². The van der Waals surface area contributed by atoms with Gasteiger partial charge in [0.25, 0.3) is 5.91 Å². The third kappa shape index (κ3) is 4.87. The highest BCUT2D eigenvalue weighted by molar-refractivity contribution is 5.92. The van der Waals surface area contributed by atoms with Crippen molar-refractivity contribution in [1.82, 2.24) is 25.0 Å². The number of rotatable bonds is 6. The number of nitrogens with one attached hydrogen (secondary N) is 1. The van der Waals surface area contributed by atoms with Crippen LogP contribution in [0.5, 0.6) is 11.5 Å². The molecule has 1 saturated heterocycles. The Balaban J connectivity index is 1.54. The average molecular weight is 478 g/mol. The fourth-order valence-corrected chi connectivity index (χ4v) is 4.55. The van der Waals surface area contributed by atoms with Gasteiger partial charge in [-0.05, 0) is 56.5 Å². The van der Waals surface area contributed by atoms with Crippen molar-refractivity contribution in [1.29, 1.82) is 0 Å². The van der Waals surface area contributed by atoms with Gasteiger partial charge < -0.3 is 19.9 Å². The van der Waals surface area contributed by atoms with Crippen LogP contribution in [-0.4, -0.2) is 69.6 Å². The van der Waals surface area contributed by atoms with E-state index in [1.807, 2.05) is 32.0 Å². The first-order valence-corrected chi connectivity index (χ1v) is 12.1. The summed E-state index contributed by atoms with van der Waals surface area (Å²) in [5.41, 5.74) is 3.20. The van der Waals surface area contributed by atoms with Gasteiger partial charge in [0.1, 0.15) is 11.5 Å². The molecule has 2 aliphatic rings. The van der Waals surface area contributed by atoms with E-state index in [1.165, 1.54) is 5.56 Å². The Morgan fingerprint density at radius 2 is 1.86 bits per heavy atom. The van der Waals surface area contributed by atoms with E-state index >= 15 is 0 Å². The lowest BCUT2D eigenvalue weighted by Crippen LogP contribution is -2.35. The molecular formula is C26H31N5O4. The van der Waals surface area contributed by atoms with Crippen molar-refractivity contribution >= 4 is 5.91 Å². The van der Waals surface area contributed by atoms with Crippen molar-refractivity contribution in [2.75, 3.05) is 32.9 Å². The number of ether oxygens (including phenoxy) is 2. The molecule has 0 saturated carbocycles. The number of carbonyl (C=O) groups excluding carboxylic acids is 1. The van der Waals surface area contributed by atoms with Gasteiger partial charge in [-0.3, -0.25) is 14.3 Å². The van der Waals surface area contributed by atoms with Crippen molar-refractivity contribution in [3.8, 4) is 28.6 Å². The Morgan fingerprint density at radius 1 is 1.09 bits per heavy atom. The van der Waals surface area contributed by atoms with Crippen LogP contribution in [0.25, 0.3) is 17.1 Å². The summed E-state index contributed by atoms with van der Waals surface area (Å²) >= 11 is 0. The second kappa shape index (κ2) is 10.1. The van der Waals surface area contributed by atoms with Gasteiger partial charge in [-0.1, -0.05) is 12.1 Å². The highest BCUT2D eigenvalue weighted by atomic mass is 16.5. The van der Waals surface area contributed by atoms with Gasteiger partial charge in [-0.2, -0.15) is 0 Å². The van der Waals surface area contributed by atoms with E-state index in [2.05, 4.69) is 32.5 Å². The SMILES string of the molecule is CC(C)NC(=O)c1nnc(-c2ccc3c(c2O)CCCO3)n1-c1ccc(CN2CCOCC2)cc1. The van der Waals surface area contributed by atoms with Crippen LogP contribution in [0.2, 0.25) is 0 Å². The number of amides is 1. The number of aromatic hydroxyl groups is 1. The zero-order valence-electron chi connectivity index (χ0n) is 20.2. The molecule has 1 amide bonds. The zero-order valence-corrected chi connectivity index (χ0v) is 20.2. The summed E-state index contributed by atoms with van der Waals surface area (Å²) in [4.78, 5) is 15.4. The first-order valence-electron chi connectivity index (χ1n) is 12.1. The highest BCUT2D eigenvalue weighted by Gasteiger charge is 2.26. The van der Waals surface area contributed by atoms with Crippen LogP contribution < -0.4 is 10.1 Å². The van der Waals surface area contributed by atoms with Gasteiger partial charge in [0, 0.05) is 36.9 Å². The van der Waals surface area contributed by atoms with E-state index in [9.17, 15) is 9.90 Å². The number of aromatic nitrogens is 3. The lowest BCUT2D eigenvalue weighted by atomic mass is 10.0. The fraction of sp³-hybridized carbons (Fsp3) is 0.423. The molecule has 2 aliphatic heterocycles. The maximum Gasteiger partial charge on any atom is 0.289 e. The second-order valence-electron chi connectivity index (χ2n) is 9.26. The largest absolute Gasteiger partial charge is 0.507 e. The predicted octanol–water partition coefficient (Wildman–Crippen LogP) is 2.94. The molecule has 3 heterocycles. The van der Waals surface area contributed by atoms with Crippen LogP contribution in [-0.2, 0) is 17.7 Å². The maximum absolute atomic E-state index is 13.0. The number of phenolic OH excluding ortho intramolecular Hbond substituents is 1. The molecule has 0 atom stereocenters. The summed E-state index contributed by atoms with van der Waals surface area (Å²) in [6, 6.07) is 11.6. The van der Waals surface area contributed by atoms with E-state index in [1.54, 1.807) is 10.6 Å². The van der Waals surface area contributed by atoms with Crippen LogP contribution in [0.3, 0.4) is 0 Å². The summed E-state index contributed by atoms with van der Waals surface area (Å²) in [6.45, 7) is 8.61. The molecule has 5 rings (SSSR count). The number of carbonyl (C=O) groups is 1. The maximum atomic E-state index is 13.0. The minimum Gasteiger partial charge on any atom is -0.507 e. The molecule has 0 unspecified atom stereocenters. The minimum absolute atomic E-state index is 0.0544. The molecule has 1 aromatic heterocycles. The predicted molar refractivity (Wildman–Crippen MR) is 131 cm³/mol. The summed E-state index contributed by atoms with van der Waals surface area (Å²) in [7, 11) is 0. The Morgan fingerprint density at radius 3 is 2.60 bits per heavy atom. The molecule has 9 heteroatoms. The van der Waals surface area contributed by atoms with Gasteiger partial charge in [0.05, 0.1) is 25.4 Å². The molecule has 0 spiro atoms. The molecule has 35 heavy (non-hydrogen) atoms. The van der Waals surface area contributed by atoms with Crippen LogP contribution in [0.15, 0.2) is 36.4 Å². The lowest BCUT2D eigenvalue weighted by molar-refractivity contribution is 0.0342. The molecule has 0 bridgehead atoms. The molecule has 2 N–H and O–H groups in total. The number of nitrogens with zero attached hydrogens (tertiary/aromatic N) is 4. The monoisotopic (exact) mass is 477 g/mol. The lowest BCUT2D eigenvalue weighted by Gasteiger charge is -2.26. The number of hydrogen-bond acceptors (Lipinski definition) is 7. The molecule has 184 valence electrons. The van der Waals surface area contributed by atoms with Gasteiger partial charge in [0.2, 0.25) is 5.82 Å².